The van der Waals surface area contributed by atoms with Crippen LogP contribution < -0.4 is 19.6 Å². The highest BCUT2D eigenvalue weighted by Gasteiger charge is 2.34. The minimum Gasteiger partial charge on any atom is -0.481 e. The van der Waals surface area contributed by atoms with E-state index in [9.17, 15) is 19.7 Å². The van der Waals surface area contributed by atoms with Gasteiger partial charge in [-0.3, -0.25) is 19.5 Å². The van der Waals surface area contributed by atoms with E-state index in [0.717, 1.165) is 11.3 Å². The SMILES string of the molecule is C#CCOc1cccc(/C=c2/sc3n(c2=O)[C@@H](c2ccc(C)c([N+](=O)[O-])c2)C(C(=O)OCC)=C(C)N=3)c1. The summed E-state index contributed by atoms with van der Waals surface area (Å²) in [5, 5.41) is 11.6. The molecule has 0 radical (unpaired) electrons. The number of ether oxygens (including phenoxy) is 2. The first-order chi connectivity index (χ1) is 17.7. The van der Waals surface area contributed by atoms with Gasteiger partial charge in [-0.1, -0.05) is 41.5 Å². The third-order valence-electron chi connectivity index (χ3n) is 5.74. The second-order valence-electron chi connectivity index (χ2n) is 8.17. The van der Waals surface area contributed by atoms with E-state index in [0.29, 0.717) is 37.5 Å². The van der Waals surface area contributed by atoms with Gasteiger partial charge in [0.2, 0.25) is 0 Å². The minimum atomic E-state index is -0.943. The molecule has 4 rings (SSSR count). The Kier molecular flexibility index (Phi) is 7.36. The lowest BCUT2D eigenvalue weighted by molar-refractivity contribution is -0.385. The molecule has 188 valence electrons. The zero-order valence-electron chi connectivity index (χ0n) is 20.4. The normalized spacial score (nSPS) is 15.0. The van der Waals surface area contributed by atoms with E-state index in [1.54, 1.807) is 57.2 Å². The smallest absolute Gasteiger partial charge is 0.338 e. The van der Waals surface area contributed by atoms with Crippen LogP contribution in [-0.4, -0.2) is 28.7 Å². The van der Waals surface area contributed by atoms with Crippen LogP contribution in [0.3, 0.4) is 0 Å². The number of aryl methyl sites for hydroxylation is 1. The van der Waals surface area contributed by atoms with Crippen molar-refractivity contribution in [2.45, 2.75) is 26.8 Å². The van der Waals surface area contributed by atoms with Crippen LogP contribution in [0, 0.1) is 29.4 Å². The number of esters is 1. The summed E-state index contributed by atoms with van der Waals surface area (Å²) >= 11 is 1.16. The fraction of sp³-hybridized carbons (Fsp3) is 0.222. The highest BCUT2D eigenvalue weighted by molar-refractivity contribution is 7.07. The number of carbonyl (C=O) groups excluding carboxylic acids is 1. The summed E-state index contributed by atoms with van der Waals surface area (Å²) in [6, 6.07) is 10.8. The lowest BCUT2D eigenvalue weighted by Gasteiger charge is -2.24. The van der Waals surface area contributed by atoms with Crippen molar-refractivity contribution in [3.8, 4) is 18.1 Å². The molecule has 1 atom stereocenters. The Bertz CT molecular complexity index is 1660. The molecule has 0 fully saturated rings. The van der Waals surface area contributed by atoms with E-state index in [1.807, 2.05) is 6.07 Å². The standard InChI is InChI=1S/C27H23N3O6S/c1-5-12-36-20-9-7-8-18(13-20)14-22-25(31)29-24(19-11-10-16(3)21(15-19)30(33)34)23(26(32)35-6-2)17(4)28-27(29)37-22/h1,7-11,13-15,24H,6,12H2,2-4H3/b22-14+/t24-/m0/s1. The molecule has 9 nitrogen and oxygen atoms in total. The first-order valence-corrected chi connectivity index (χ1v) is 12.2. The van der Waals surface area contributed by atoms with E-state index in [-0.39, 0.29) is 30.0 Å². The number of rotatable bonds is 7. The summed E-state index contributed by atoms with van der Waals surface area (Å²) in [4.78, 5) is 42.7. The number of hydrogen-bond donors (Lipinski definition) is 0. The second-order valence-corrected chi connectivity index (χ2v) is 9.18. The molecule has 0 spiro atoms. The van der Waals surface area contributed by atoms with Gasteiger partial charge in [0, 0.05) is 11.6 Å². The van der Waals surface area contributed by atoms with Crippen molar-refractivity contribution in [2.75, 3.05) is 13.2 Å². The van der Waals surface area contributed by atoms with Crippen LogP contribution in [0.5, 0.6) is 5.75 Å². The highest BCUT2D eigenvalue weighted by atomic mass is 32.1. The van der Waals surface area contributed by atoms with Crippen LogP contribution in [0.2, 0.25) is 0 Å². The van der Waals surface area contributed by atoms with Crippen LogP contribution in [0.25, 0.3) is 6.08 Å². The maximum Gasteiger partial charge on any atom is 0.338 e. The fourth-order valence-electron chi connectivity index (χ4n) is 4.07. The molecule has 3 aromatic rings. The Hall–Kier alpha value is -4.49. The minimum absolute atomic E-state index is 0.110. The summed E-state index contributed by atoms with van der Waals surface area (Å²) < 4.78 is 12.5. The van der Waals surface area contributed by atoms with Gasteiger partial charge in [0.25, 0.3) is 11.2 Å². The van der Waals surface area contributed by atoms with Gasteiger partial charge in [-0.15, -0.1) is 6.42 Å². The fourth-order valence-corrected chi connectivity index (χ4v) is 5.12. The molecule has 2 aromatic carbocycles. The number of fused-ring (bicyclic) bond motifs is 1. The van der Waals surface area contributed by atoms with Gasteiger partial charge in [-0.25, -0.2) is 9.79 Å². The quantitative estimate of drug-likeness (QED) is 0.206. The zero-order chi connectivity index (χ0) is 26.7. The van der Waals surface area contributed by atoms with Crippen molar-refractivity contribution in [3.63, 3.8) is 0 Å². The molecule has 0 N–H and O–H groups in total. The number of benzene rings is 2. The van der Waals surface area contributed by atoms with Crippen LogP contribution >= 0.6 is 11.3 Å². The number of nitro groups is 1. The molecular formula is C27H23N3O6S. The molecule has 0 amide bonds. The number of carbonyl (C=O) groups is 1. The van der Waals surface area contributed by atoms with E-state index in [2.05, 4.69) is 10.9 Å². The largest absolute Gasteiger partial charge is 0.481 e. The average molecular weight is 518 g/mol. The van der Waals surface area contributed by atoms with Crippen LogP contribution in [0.15, 0.2) is 63.5 Å². The Labute approximate surface area is 216 Å². The summed E-state index contributed by atoms with van der Waals surface area (Å²) in [5.74, 6) is 2.33. The van der Waals surface area contributed by atoms with Gasteiger partial charge in [-0.2, -0.15) is 0 Å². The van der Waals surface area contributed by atoms with Crippen LogP contribution in [0.1, 0.15) is 36.6 Å². The predicted octanol–water partition coefficient (Wildman–Crippen LogP) is 3.03. The summed E-state index contributed by atoms with van der Waals surface area (Å²) in [6.45, 7) is 5.20. The molecule has 1 aliphatic rings. The maximum atomic E-state index is 13.7. The average Bonchev–Trinajstić information content (AvgIpc) is 3.16. The van der Waals surface area contributed by atoms with Gasteiger partial charge >= 0.3 is 5.97 Å². The lowest BCUT2D eigenvalue weighted by atomic mass is 9.94. The second kappa shape index (κ2) is 10.6. The molecule has 0 saturated heterocycles. The van der Waals surface area contributed by atoms with Crippen LogP contribution in [-0.2, 0) is 9.53 Å². The molecule has 2 heterocycles. The van der Waals surface area contributed by atoms with Crippen LogP contribution in [0.4, 0.5) is 5.69 Å². The molecular weight excluding hydrogens is 494 g/mol. The number of terminal acetylenes is 1. The number of aromatic nitrogens is 1. The van der Waals surface area contributed by atoms with Crippen molar-refractivity contribution >= 4 is 29.1 Å². The van der Waals surface area contributed by atoms with Crippen molar-refractivity contribution in [2.24, 2.45) is 4.99 Å². The number of nitrogens with zero attached hydrogens (tertiary/aromatic N) is 3. The van der Waals surface area contributed by atoms with Gasteiger partial charge in [-0.05, 0) is 50.1 Å². The van der Waals surface area contributed by atoms with E-state index in [4.69, 9.17) is 15.9 Å². The third kappa shape index (κ3) is 5.08. The molecule has 37 heavy (non-hydrogen) atoms. The predicted molar refractivity (Wildman–Crippen MR) is 139 cm³/mol. The number of nitro benzene ring substituents is 1. The third-order valence-corrected chi connectivity index (χ3v) is 6.72. The van der Waals surface area contributed by atoms with Gasteiger partial charge in [0.15, 0.2) is 4.80 Å². The first-order valence-electron chi connectivity index (χ1n) is 11.4. The van der Waals surface area contributed by atoms with Gasteiger partial charge < -0.3 is 9.47 Å². The Balaban J connectivity index is 1.93. The molecule has 1 aliphatic heterocycles. The highest BCUT2D eigenvalue weighted by Crippen LogP contribution is 2.33. The Morgan fingerprint density at radius 1 is 1.30 bits per heavy atom. The lowest BCUT2D eigenvalue weighted by Crippen LogP contribution is -2.40. The Morgan fingerprint density at radius 2 is 2.08 bits per heavy atom. The summed E-state index contributed by atoms with van der Waals surface area (Å²) in [7, 11) is 0. The molecule has 0 saturated carbocycles. The first kappa shape index (κ1) is 25.6. The van der Waals surface area contributed by atoms with Crippen molar-refractivity contribution in [1.82, 2.24) is 4.57 Å². The van der Waals surface area contributed by atoms with E-state index < -0.39 is 16.9 Å². The summed E-state index contributed by atoms with van der Waals surface area (Å²) in [5.41, 5.74) is 1.62. The van der Waals surface area contributed by atoms with E-state index >= 15 is 0 Å². The molecule has 10 heteroatoms. The zero-order valence-corrected chi connectivity index (χ0v) is 21.2. The van der Waals surface area contributed by atoms with Gasteiger partial charge in [0.05, 0.1) is 33.4 Å². The summed E-state index contributed by atoms with van der Waals surface area (Å²) in [6.07, 6.45) is 6.96. The molecule has 1 aromatic heterocycles. The molecule has 0 bridgehead atoms. The number of thiazole rings is 1. The molecule has 0 unspecified atom stereocenters. The van der Waals surface area contributed by atoms with Gasteiger partial charge in [0.1, 0.15) is 12.4 Å². The molecule has 0 aliphatic carbocycles. The monoisotopic (exact) mass is 517 g/mol. The topological polar surface area (TPSA) is 113 Å². The Morgan fingerprint density at radius 3 is 2.78 bits per heavy atom. The van der Waals surface area contributed by atoms with Crippen molar-refractivity contribution in [1.29, 1.82) is 0 Å². The maximum absolute atomic E-state index is 13.7. The van der Waals surface area contributed by atoms with E-state index in [1.165, 1.54) is 10.6 Å². The number of allylic oxidation sites excluding steroid dienone is 1. The number of hydrogen-bond acceptors (Lipinski definition) is 8. The van der Waals surface area contributed by atoms with Crippen molar-refractivity contribution < 1.29 is 19.2 Å². The van der Waals surface area contributed by atoms with Crippen molar-refractivity contribution in [3.05, 3.63) is 100 Å².